The molecule has 0 bridgehead atoms. The molecule has 0 saturated carbocycles. The van der Waals surface area contributed by atoms with Crippen LogP contribution < -0.4 is 4.90 Å². The van der Waals surface area contributed by atoms with Gasteiger partial charge in [0.05, 0.1) is 24.3 Å². The molecular weight excluding hydrogens is 397 g/mol. The first-order chi connectivity index (χ1) is 15.1. The number of pyridine rings is 1. The maximum atomic E-state index is 14.4. The van der Waals surface area contributed by atoms with Crippen molar-refractivity contribution in [2.75, 3.05) is 18.1 Å². The topological polar surface area (TPSA) is 73.7 Å². The van der Waals surface area contributed by atoms with Gasteiger partial charge in [0.15, 0.2) is 0 Å². The predicted octanol–water partition coefficient (Wildman–Crippen LogP) is 2.85. The van der Waals surface area contributed by atoms with Crippen molar-refractivity contribution in [2.45, 2.75) is 18.0 Å². The van der Waals surface area contributed by atoms with Crippen molar-refractivity contribution in [3.8, 4) is 0 Å². The molecule has 3 aromatic rings. The minimum Gasteiger partial charge on any atom is -0.394 e. The van der Waals surface area contributed by atoms with Crippen LogP contribution in [-0.4, -0.2) is 52.0 Å². The fourth-order valence-corrected chi connectivity index (χ4v) is 4.78. The number of aromatic nitrogens is 1. The molecule has 2 amide bonds. The summed E-state index contributed by atoms with van der Waals surface area (Å²) in [6, 6.07) is 15.9. The molecule has 3 heterocycles. The van der Waals surface area contributed by atoms with Crippen LogP contribution in [0, 0.1) is 5.82 Å². The molecule has 5 rings (SSSR count). The summed E-state index contributed by atoms with van der Waals surface area (Å²) in [6.45, 7) is 0.0375. The van der Waals surface area contributed by atoms with E-state index in [4.69, 9.17) is 0 Å². The lowest BCUT2D eigenvalue weighted by atomic mass is 9.71. The van der Waals surface area contributed by atoms with E-state index in [-0.39, 0.29) is 36.6 Å². The summed E-state index contributed by atoms with van der Waals surface area (Å²) in [5.41, 5.74) is 2.02. The van der Waals surface area contributed by atoms with Gasteiger partial charge in [-0.1, -0.05) is 30.3 Å². The minimum absolute atomic E-state index is 0.0132. The zero-order chi connectivity index (χ0) is 21.5. The number of amides is 2. The maximum Gasteiger partial charge on any atom is 0.261 e. The zero-order valence-corrected chi connectivity index (χ0v) is 16.6. The molecule has 1 fully saturated rings. The molecular formula is C24H20FN3O3. The summed E-state index contributed by atoms with van der Waals surface area (Å²) >= 11 is 0. The lowest BCUT2D eigenvalue weighted by Gasteiger charge is -2.58. The minimum atomic E-state index is -0.585. The Morgan fingerprint density at radius 1 is 1.00 bits per heavy atom. The van der Waals surface area contributed by atoms with E-state index in [0.717, 1.165) is 5.56 Å². The van der Waals surface area contributed by atoms with Crippen molar-refractivity contribution in [1.82, 2.24) is 9.88 Å². The highest BCUT2D eigenvalue weighted by Gasteiger charge is 2.55. The summed E-state index contributed by atoms with van der Waals surface area (Å²) in [4.78, 5) is 33.6. The summed E-state index contributed by atoms with van der Waals surface area (Å²) in [5.74, 6) is -1.36. The Balaban J connectivity index is 1.55. The van der Waals surface area contributed by atoms with Crippen LogP contribution in [0.2, 0.25) is 0 Å². The molecule has 1 aromatic heterocycles. The largest absolute Gasteiger partial charge is 0.394 e. The standard InChI is InChI=1S/C24H20FN3O3/c25-18-7-3-1-5-16(18)24(31)27-13-20-22(17-6-2-4-8-19(17)27)21(14-29)28(20)23(30)15-9-11-26-12-10-15/h1-12,20-22,29H,13-14H2/t20-,21-,22+/m1/s1. The highest BCUT2D eigenvalue weighted by atomic mass is 19.1. The van der Waals surface area contributed by atoms with Crippen LogP contribution >= 0.6 is 0 Å². The smallest absolute Gasteiger partial charge is 0.261 e. The molecule has 2 aliphatic heterocycles. The third kappa shape index (κ3) is 3.00. The molecule has 2 aromatic carbocycles. The quantitative estimate of drug-likeness (QED) is 0.711. The van der Waals surface area contributed by atoms with E-state index in [0.29, 0.717) is 11.3 Å². The number of halogens is 1. The van der Waals surface area contributed by atoms with Gasteiger partial charge >= 0.3 is 0 Å². The Morgan fingerprint density at radius 2 is 1.71 bits per heavy atom. The Labute approximate surface area is 178 Å². The molecule has 0 radical (unpaired) electrons. The fraction of sp³-hybridized carbons (Fsp3) is 0.208. The van der Waals surface area contributed by atoms with Crippen LogP contribution in [-0.2, 0) is 0 Å². The lowest BCUT2D eigenvalue weighted by molar-refractivity contribution is -0.0246. The van der Waals surface area contributed by atoms with E-state index < -0.39 is 17.8 Å². The van der Waals surface area contributed by atoms with Crippen LogP contribution in [0.15, 0.2) is 73.1 Å². The molecule has 7 heteroatoms. The van der Waals surface area contributed by atoms with Crippen molar-refractivity contribution >= 4 is 17.5 Å². The highest BCUT2D eigenvalue weighted by molar-refractivity contribution is 6.07. The molecule has 3 atom stereocenters. The normalized spacial score (nSPS) is 21.7. The van der Waals surface area contributed by atoms with Gasteiger partial charge in [0.1, 0.15) is 5.82 Å². The number of hydrogen-bond acceptors (Lipinski definition) is 4. The summed E-state index contributed by atoms with van der Waals surface area (Å²) < 4.78 is 14.4. The van der Waals surface area contributed by atoms with E-state index in [1.807, 2.05) is 24.3 Å². The summed E-state index contributed by atoms with van der Waals surface area (Å²) in [6.07, 6.45) is 3.09. The number of rotatable bonds is 3. The van der Waals surface area contributed by atoms with Crippen molar-refractivity contribution in [2.24, 2.45) is 0 Å². The second-order valence-electron chi connectivity index (χ2n) is 7.75. The van der Waals surface area contributed by atoms with E-state index in [1.54, 1.807) is 41.6 Å². The first-order valence-corrected chi connectivity index (χ1v) is 10.1. The number of anilines is 1. The Hall–Kier alpha value is -3.58. The molecule has 1 N–H and O–H groups in total. The Morgan fingerprint density at radius 3 is 2.45 bits per heavy atom. The SMILES string of the molecule is O=C(c1ccccc1F)N1C[C@@H]2[C@H](c3ccccc31)[C@@H](CO)N2C(=O)c1ccncc1. The number of carbonyl (C=O) groups is 2. The maximum absolute atomic E-state index is 14.4. The van der Waals surface area contributed by atoms with Crippen molar-refractivity contribution in [3.63, 3.8) is 0 Å². The molecule has 31 heavy (non-hydrogen) atoms. The number of nitrogens with zero attached hydrogens (tertiary/aromatic N) is 3. The lowest BCUT2D eigenvalue weighted by Crippen LogP contribution is -2.70. The average Bonchev–Trinajstić information content (AvgIpc) is 2.80. The van der Waals surface area contributed by atoms with E-state index >= 15 is 0 Å². The van der Waals surface area contributed by atoms with Gasteiger partial charge in [0.2, 0.25) is 0 Å². The molecule has 0 spiro atoms. The van der Waals surface area contributed by atoms with Crippen LogP contribution in [0.3, 0.4) is 0 Å². The van der Waals surface area contributed by atoms with Crippen LogP contribution in [0.1, 0.15) is 32.2 Å². The van der Waals surface area contributed by atoms with Crippen molar-refractivity contribution in [1.29, 1.82) is 0 Å². The summed E-state index contributed by atoms with van der Waals surface area (Å²) in [5, 5.41) is 10.1. The van der Waals surface area contributed by atoms with Gasteiger partial charge in [-0.05, 0) is 35.9 Å². The predicted molar refractivity (Wildman–Crippen MR) is 112 cm³/mol. The molecule has 1 saturated heterocycles. The number of aliphatic hydroxyl groups excluding tert-OH is 1. The zero-order valence-electron chi connectivity index (χ0n) is 16.6. The third-order valence-corrected chi connectivity index (χ3v) is 6.20. The average molecular weight is 417 g/mol. The number of para-hydroxylation sites is 1. The van der Waals surface area contributed by atoms with Gasteiger partial charge in [0.25, 0.3) is 11.8 Å². The van der Waals surface area contributed by atoms with Crippen molar-refractivity contribution in [3.05, 3.63) is 95.6 Å². The first-order valence-electron chi connectivity index (χ1n) is 10.1. The highest BCUT2D eigenvalue weighted by Crippen LogP contribution is 2.48. The molecule has 6 nitrogen and oxygen atoms in total. The van der Waals surface area contributed by atoms with Gasteiger partial charge in [-0.2, -0.15) is 0 Å². The molecule has 0 unspecified atom stereocenters. The van der Waals surface area contributed by atoms with Crippen LogP contribution in [0.4, 0.5) is 10.1 Å². The second kappa shape index (κ2) is 7.59. The number of carbonyl (C=O) groups excluding carboxylic acids is 2. The second-order valence-corrected chi connectivity index (χ2v) is 7.75. The van der Waals surface area contributed by atoms with E-state index in [2.05, 4.69) is 4.98 Å². The Kier molecular flexibility index (Phi) is 4.75. The van der Waals surface area contributed by atoms with Gasteiger partial charge in [0, 0.05) is 36.1 Å². The van der Waals surface area contributed by atoms with Gasteiger partial charge < -0.3 is 14.9 Å². The van der Waals surface area contributed by atoms with E-state index in [1.165, 1.54) is 17.0 Å². The van der Waals surface area contributed by atoms with Gasteiger partial charge in [-0.15, -0.1) is 0 Å². The van der Waals surface area contributed by atoms with Gasteiger partial charge in [-0.25, -0.2) is 4.39 Å². The molecule has 2 aliphatic rings. The number of aliphatic hydroxyl groups is 1. The molecule has 0 aliphatic carbocycles. The number of fused-ring (bicyclic) bond motifs is 3. The summed E-state index contributed by atoms with van der Waals surface area (Å²) in [7, 11) is 0. The molecule has 156 valence electrons. The third-order valence-electron chi connectivity index (χ3n) is 6.20. The van der Waals surface area contributed by atoms with Crippen LogP contribution in [0.25, 0.3) is 0 Å². The fourth-order valence-electron chi connectivity index (χ4n) is 4.78. The Bertz CT molecular complexity index is 1150. The monoisotopic (exact) mass is 417 g/mol. The number of hydrogen-bond donors (Lipinski definition) is 1. The number of benzene rings is 2. The van der Waals surface area contributed by atoms with Gasteiger partial charge in [-0.3, -0.25) is 14.6 Å². The number of likely N-dealkylation sites (tertiary alicyclic amines) is 1. The van der Waals surface area contributed by atoms with Crippen molar-refractivity contribution < 1.29 is 19.1 Å². The first kappa shape index (κ1) is 19.4. The van der Waals surface area contributed by atoms with Crippen LogP contribution in [0.5, 0.6) is 0 Å². The van der Waals surface area contributed by atoms with E-state index in [9.17, 15) is 19.1 Å².